The second kappa shape index (κ2) is 15.2. The van der Waals surface area contributed by atoms with Crippen molar-refractivity contribution < 1.29 is 63.3 Å². The number of carbonyl (C=O) groups excluding carboxylic acids is 5. The first-order valence-electron chi connectivity index (χ1n) is 19.5. The van der Waals surface area contributed by atoms with Crippen molar-refractivity contribution >= 4 is 29.6 Å². The van der Waals surface area contributed by atoms with Gasteiger partial charge in [-0.3, -0.25) is 14.4 Å². The molecule has 14 nitrogen and oxygen atoms in total. The van der Waals surface area contributed by atoms with Crippen LogP contribution >= 0.6 is 0 Å². The Hall–Kier alpha value is -3.69. The van der Waals surface area contributed by atoms with Crippen molar-refractivity contribution in [1.82, 2.24) is 5.32 Å². The van der Waals surface area contributed by atoms with Crippen LogP contribution < -0.4 is 5.32 Å². The topological polar surface area (TPSA) is 215 Å². The zero-order valence-electron chi connectivity index (χ0n) is 34.1. The fraction of sp³-hybridized carbons (Fsp3) is 0.690. The van der Waals surface area contributed by atoms with Gasteiger partial charge in [0.15, 0.2) is 17.5 Å². The van der Waals surface area contributed by atoms with Crippen LogP contribution in [-0.4, -0.2) is 110 Å². The maximum atomic E-state index is 14.9. The highest BCUT2D eigenvalue weighted by molar-refractivity contribution is 5.94. The molecule has 0 spiro atoms. The minimum Gasteiger partial charge on any atom is -0.456 e. The lowest BCUT2D eigenvalue weighted by atomic mass is 9.44. The molecule has 5 rings (SSSR count). The Morgan fingerprint density at radius 3 is 2.14 bits per heavy atom. The third kappa shape index (κ3) is 6.88. The van der Waals surface area contributed by atoms with E-state index in [-0.39, 0.29) is 41.6 Å². The molecule has 3 aliphatic carbocycles. The van der Waals surface area contributed by atoms with Crippen LogP contribution in [0.5, 0.6) is 0 Å². The number of aliphatic hydroxyl groups is 4. The Bertz CT molecular complexity index is 1750. The molecule has 1 aliphatic heterocycles. The number of hydrogen-bond acceptors (Lipinski definition) is 13. The Morgan fingerprint density at radius 2 is 1.62 bits per heavy atom. The van der Waals surface area contributed by atoms with E-state index in [1.54, 1.807) is 52.8 Å². The number of esters is 3. The summed E-state index contributed by atoms with van der Waals surface area (Å²) in [5.74, 6) is -5.86. The summed E-state index contributed by atoms with van der Waals surface area (Å²) in [7, 11) is 0. The van der Waals surface area contributed by atoms with Crippen molar-refractivity contribution in [2.45, 2.75) is 149 Å². The van der Waals surface area contributed by atoms with Gasteiger partial charge in [-0.1, -0.05) is 66.7 Å². The first-order chi connectivity index (χ1) is 25.9. The molecule has 1 heterocycles. The average molecular weight is 786 g/mol. The van der Waals surface area contributed by atoms with Crippen LogP contribution in [0.2, 0.25) is 0 Å². The van der Waals surface area contributed by atoms with E-state index in [2.05, 4.69) is 5.32 Å². The second-order valence-corrected chi connectivity index (χ2v) is 17.9. The monoisotopic (exact) mass is 785 g/mol. The number of hydrogen-bond donors (Lipinski definition) is 5. The lowest BCUT2D eigenvalue weighted by Gasteiger charge is -2.67. The van der Waals surface area contributed by atoms with Gasteiger partial charge in [-0.2, -0.15) is 0 Å². The number of fused-ring (bicyclic) bond motifs is 5. The van der Waals surface area contributed by atoms with E-state index in [4.69, 9.17) is 18.9 Å². The highest BCUT2D eigenvalue weighted by Gasteiger charge is 2.78. The quantitative estimate of drug-likeness (QED) is 0.131. The highest BCUT2D eigenvalue weighted by atomic mass is 16.6. The van der Waals surface area contributed by atoms with Crippen molar-refractivity contribution in [3.63, 3.8) is 0 Å². The summed E-state index contributed by atoms with van der Waals surface area (Å²) in [5.41, 5.74) is -8.16. The largest absolute Gasteiger partial charge is 0.456 e. The normalized spacial score (nSPS) is 34.7. The van der Waals surface area contributed by atoms with Gasteiger partial charge in [-0.25, -0.2) is 9.59 Å². The van der Waals surface area contributed by atoms with Gasteiger partial charge >= 0.3 is 17.9 Å². The van der Waals surface area contributed by atoms with Crippen molar-refractivity contribution in [3.05, 3.63) is 47.0 Å². The van der Waals surface area contributed by atoms with Gasteiger partial charge in [-0.15, -0.1) is 0 Å². The number of nitrogens with one attached hydrogen (secondary N) is 1. The molecule has 0 aromatic heterocycles. The van der Waals surface area contributed by atoms with Crippen LogP contribution in [0.1, 0.15) is 105 Å². The van der Waals surface area contributed by atoms with E-state index in [1.165, 1.54) is 32.9 Å². The third-order valence-corrected chi connectivity index (χ3v) is 13.3. The molecule has 310 valence electrons. The summed E-state index contributed by atoms with van der Waals surface area (Å²) < 4.78 is 24.1. The molecular weight excluding hydrogens is 726 g/mol. The lowest BCUT2D eigenvalue weighted by Crippen LogP contribution is -2.81. The summed E-state index contributed by atoms with van der Waals surface area (Å²) in [6, 6.07) is 6.82. The first-order valence-corrected chi connectivity index (χ1v) is 19.5. The number of Topliss-reactive ketones (excluding diaryl/α,β-unsaturated/α-hetero) is 1. The number of rotatable bonds is 10. The predicted molar refractivity (Wildman–Crippen MR) is 201 cm³/mol. The second-order valence-electron chi connectivity index (χ2n) is 17.9. The van der Waals surface area contributed by atoms with E-state index in [0.29, 0.717) is 12.8 Å². The summed E-state index contributed by atoms with van der Waals surface area (Å²) in [4.78, 5) is 69.0. The van der Waals surface area contributed by atoms with E-state index < -0.39 is 106 Å². The number of aliphatic hydroxyl groups excluding tert-OH is 3. The molecular formula is C42H59NO13. The minimum absolute atomic E-state index is 0.0286. The average Bonchev–Trinajstić information content (AvgIpc) is 3.12. The Morgan fingerprint density at radius 1 is 1.02 bits per heavy atom. The van der Waals surface area contributed by atoms with Gasteiger partial charge in [-0.05, 0) is 55.4 Å². The van der Waals surface area contributed by atoms with Gasteiger partial charge in [0.25, 0.3) is 0 Å². The molecule has 1 aromatic carbocycles. The fourth-order valence-corrected chi connectivity index (χ4v) is 9.82. The van der Waals surface area contributed by atoms with Crippen LogP contribution in [-0.2, 0) is 38.1 Å². The summed E-state index contributed by atoms with van der Waals surface area (Å²) in [6.45, 7) is 15.9. The number of carbonyl (C=O) groups is 5. The minimum atomic E-state index is -2.31. The molecule has 4 aliphatic rings. The van der Waals surface area contributed by atoms with Crippen molar-refractivity contribution in [2.24, 2.45) is 28.1 Å². The third-order valence-electron chi connectivity index (χ3n) is 13.3. The number of ketones is 1. The van der Waals surface area contributed by atoms with Gasteiger partial charge in [0.2, 0.25) is 5.91 Å². The van der Waals surface area contributed by atoms with Crippen LogP contribution in [0.25, 0.3) is 0 Å². The number of ether oxygens (including phenoxy) is 4. The molecule has 1 saturated heterocycles. The van der Waals surface area contributed by atoms with Gasteiger partial charge in [0.1, 0.15) is 30.0 Å². The van der Waals surface area contributed by atoms with E-state index >= 15 is 0 Å². The fourth-order valence-electron chi connectivity index (χ4n) is 9.82. The molecule has 0 unspecified atom stereocenters. The van der Waals surface area contributed by atoms with Crippen LogP contribution in [0, 0.1) is 28.1 Å². The van der Waals surface area contributed by atoms with Crippen molar-refractivity contribution in [1.29, 1.82) is 0 Å². The van der Waals surface area contributed by atoms with Crippen molar-refractivity contribution in [2.75, 3.05) is 6.61 Å². The summed E-state index contributed by atoms with van der Waals surface area (Å²) in [5, 5.41) is 51.8. The molecule has 56 heavy (non-hydrogen) atoms. The lowest BCUT2D eigenvalue weighted by molar-refractivity contribution is -0.346. The van der Waals surface area contributed by atoms with Gasteiger partial charge < -0.3 is 44.7 Å². The van der Waals surface area contributed by atoms with E-state index in [1.807, 2.05) is 13.8 Å². The maximum absolute atomic E-state index is 14.9. The number of amides is 1. The smallest absolute Gasteiger partial charge is 0.338 e. The predicted octanol–water partition coefficient (Wildman–Crippen LogP) is 2.96. The molecule has 5 N–H and O–H groups in total. The zero-order chi connectivity index (χ0) is 41.9. The Labute approximate surface area is 328 Å². The molecule has 1 aromatic rings. The van der Waals surface area contributed by atoms with E-state index in [0.717, 1.165) is 0 Å². The molecule has 0 radical (unpaired) electrons. The zero-order valence-corrected chi connectivity index (χ0v) is 34.1. The van der Waals surface area contributed by atoms with Gasteiger partial charge in [0, 0.05) is 31.1 Å². The molecule has 3 fully saturated rings. The Balaban J connectivity index is 1.68. The van der Waals surface area contributed by atoms with Crippen LogP contribution in [0.15, 0.2) is 41.5 Å². The Kier molecular flexibility index (Phi) is 11.8. The standard InChI is InChI=1S/C42H59NO13/c1-11-23(12-2)35(49)43-32(38(5,6)7)30(47)37(51)54-25-19-42(52)34(55-36(50)24-16-14-13-15-17-24)31-40(10,33(48)29(46)28(21(25)3)39(42,8)9)26(45)18-27-41(31,20-53-27)56-22(4)44/h13-17,23,25-27,29-32,34,45-47,52H,11-12,18-20H2,1-10H3,(H,43,49)/t25-,26-,27+,29+,30+,31-,32+,34-,40+,41-,42+/m0/s1. The molecule has 14 heteroatoms. The maximum Gasteiger partial charge on any atom is 0.338 e. The summed E-state index contributed by atoms with van der Waals surface area (Å²) in [6.07, 6.45) is -9.07. The molecule has 2 bridgehead atoms. The van der Waals surface area contributed by atoms with E-state index in [9.17, 15) is 44.4 Å². The molecule has 1 amide bonds. The van der Waals surface area contributed by atoms with Crippen molar-refractivity contribution in [3.8, 4) is 0 Å². The summed E-state index contributed by atoms with van der Waals surface area (Å²) >= 11 is 0. The highest BCUT2D eigenvalue weighted by Crippen LogP contribution is 2.64. The number of benzene rings is 1. The molecule has 11 atom stereocenters. The van der Waals surface area contributed by atoms with Crippen LogP contribution in [0.4, 0.5) is 0 Å². The van der Waals surface area contributed by atoms with Gasteiger partial charge in [0.05, 0.1) is 35.6 Å². The molecule has 2 saturated carbocycles. The first kappa shape index (κ1) is 43.4. The SMILES string of the molecule is CCC(CC)C(=O)N[C@H]([C@@H](O)C(=O)O[C@H]1C[C@@]2(O)[C@@H](OC(=O)c3ccccc3)[C@@H]3[C@]4(OC(C)=O)CO[C@@H]4C[C@H](O)[C@@]3(C)C(=O)[C@H](O)C(=C1C)C2(C)C)C(C)(C)C. The van der Waals surface area contributed by atoms with Crippen LogP contribution in [0.3, 0.4) is 0 Å².